The van der Waals surface area contributed by atoms with Gasteiger partial charge in [-0.25, -0.2) is 9.37 Å². The number of anilines is 1. The molecule has 0 radical (unpaired) electrons. The van der Waals surface area contributed by atoms with E-state index in [0.717, 1.165) is 41.5 Å². The first-order chi connectivity index (χ1) is 28.9. The maximum absolute atomic E-state index is 12.6. The molecule has 0 bridgehead atoms. The van der Waals surface area contributed by atoms with Gasteiger partial charge in [-0.2, -0.15) is 0 Å². The maximum atomic E-state index is 12.6. The van der Waals surface area contributed by atoms with Crippen LogP contribution in [0.1, 0.15) is 72.5 Å². The summed E-state index contributed by atoms with van der Waals surface area (Å²) in [6.07, 6.45) is 3.74. The second kappa shape index (κ2) is 27.6. The Morgan fingerprint density at radius 1 is 0.410 bits per heavy atom. The van der Waals surface area contributed by atoms with E-state index in [1.54, 1.807) is 13.0 Å². The third kappa shape index (κ3) is 22.8. The highest BCUT2D eigenvalue weighted by Gasteiger charge is 2.15. The van der Waals surface area contributed by atoms with Gasteiger partial charge in [0.05, 0.1) is 6.54 Å². The lowest BCUT2D eigenvalue weighted by atomic mass is 10.2. The summed E-state index contributed by atoms with van der Waals surface area (Å²) in [5.74, 6) is 1.74. The molecule has 4 nitrogen and oxygen atoms in total. The van der Waals surface area contributed by atoms with Crippen molar-refractivity contribution in [2.75, 3.05) is 25.1 Å². The van der Waals surface area contributed by atoms with Crippen molar-refractivity contribution in [2.45, 2.75) is 90.0 Å². The number of nitrogens with zero attached hydrogens (tertiary/aromatic N) is 3. The molecule has 7 aromatic rings. The van der Waals surface area contributed by atoms with Crippen molar-refractivity contribution in [3.63, 3.8) is 0 Å². The first kappa shape index (κ1) is 51.1. The summed E-state index contributed by atoms with van der Waals surface area (Å²) < 4.78 is 18.1. The van der Waals surface area contributed by atoms with E-state index in [1.165, 1.54) is 56.1 Å². The van der Waals surface area contributed by atoms with Gasteiger partial charge >= 0.3 is 0 Å². The van der Waals surface area contributed by atoms with E-state index < -0.39 is 0 Å². The van der Waals surface area contributed by atoms with Gasteiger partial charge in [0.15, 0.2) is 11.6 Å². The van der Waals surface area contributed by atoms with Crippen LogP contribution in [0.15, 0.2) is 146 Å². The molecule has 0 atom stereocenters. The Balaban J connectivity index is 0.000000247. The number of halogens is 1. The minimum Gasteiger partial charge on any atom is -0.488 e. The summed E-state index contributed by atoms with van der Waals surface area (Å²) in [5.41, 5.74) is 15.8. The average Bonchev–Trinajstić information content (AvgIpc) is 3.23. The van der Waals surface area contributed by atoms with Crippen molar-refractivity contribution in [3.05, 3.63) is 224 Å². The second-order valence-corrected chi connectivity index (χ2v) is 16.0. The third-order valence-corrected chi connectivity index (χ3v) is 9.27. The zero-order chi connectivity index (χ0) is 45.3. The topological polar surface area (TPSA) is 38.3 Å². The van der Waals surface area contributed by atoms with E-state index in [0.29, 0.717) is 5.56 Å². The predicted molar refractivity (Wildman–Crippen MR) is 261 cm³/mol. The summed E-state index contributed by atoms with van der Waals surface area (Å²) in [6, 6.07) is 45.2. The first-order valence-corrected chi connectivity index (χ1v) is 21.0. The smallest absolute Gasteiger partial charge is 0.171 e. The highest BCUT2D eigenvalue weighted by molar-refractivity contribution is 5.54. The number of pyridine rings is 2. The summed E-state index contributed by atoms with van der Waals surface area (Å²) in [6.45, 7) is 28.1. The molecule has 322 valence electrons. The molecule has 1 aliphatic rings. The van der Waals surface area contributed by atoms with Gasteiger partial charge in [0.2, 0.25) is 0 Å². The second-order valence-electron chi connectivity index (χ2n) is 16.0. The van der Waals surface area contributed by atoms with Gasteiger partial charge in [0.25, 0.3) is 0 Å². The normalized spacial score (nSPS) is 10.5. The Morgan fingerprint density at radius 3 is 1.07 bits per heavy atom. The number of rotatable bonds is 0. The van der Waals surface area contributed by atoms with Gasteiger partial charge in [-0.3, -0.25) is 4.98 Å². The minimum absolute atomic E-state index is 0.116. The number of aromatic nitrogens is 2. The summed E-state index contributed by atoms with van der Waals surface area (Å²) in [7, 11) is 2.03. The lowest BCUT2D eigenvalue weighted by molar-refractivity contribution is 0.308. The first-order valence-electron chi connectivity index (χ1n) is 21.0. The fourth-order valence-electron chi connectivity index (χ4n) is 5.11. The molecule has 0 fully saturated rings. The minimum atomic E-state index is -0.116. The fourth-order valence-corrected chi connectivity index (χ4v) is 5.11. The van der Waals surface area contributed by atoms with Crippen molar-refractivity contribution in [1.29, 1.82) is 0 Å². The van der Waals surface area contributed by atoms with Crippen LogP contribution in [0.3, 0.4) is 0 Å². The molecule has 8 rings (SSSR count). The SMILES string of the molecule is Cc1ccc(C)c(F)c1.Cc1ccc(C)cc1.Cc1ccc(C)cc1.Cc1ccc(C)cc1.Cc1ccc(C)cc1.Cc1ccc(C)nc1.Cc1cnc2c(c1)OCCN2C. The lowest BCUT2D eigenvalue weighted by Gasteiger charge is -2.26. The molecule has 5 aromatic carbocycles. The van der Waals surface area contributed by atoms with E-state index >= 15 is 0 Å². The van der Waals surface area contributed by atoms with Crippen LogP contribution in [0, 0.1) is 95.8 Å². The van der Waals surface area contributed by atoms with Crippen molar-refractivity contribution in [2.24, 2.45) is 0 Å². The maximum Gasteiger partial charge on any atom is 0.171 e. The number of benzene rings is 5. The molecule has 1 aliphatic heterocycles. The molecule has 61 heavy (non-hydrogen) atoms. The Morgan fingerprint density at radius 2 is 0.754 bits per heavy atom. The molecule has 5 heteroatoms. The molecule has 0 unspecified atom stereocenters. The van der Waals surface area contributed by atoms with Crippen LogP contribution in [0.4, 0.5) is 10.2 Å². The lowest BCUT2D eigenvalue weighted by Crippen LogP contribution is -2.29. The van der Waals surface area contributed by atoms with Crippen LogP contribution < -0.4 is 9.64 Å². The van der Waals surface area contributed by atoms with E-state index in [-0.39, 0.29) is 5.82 Å². The molecule has 0 aliphatic carbocycles. The van der Waals surface area contributed by atoms with Crippen LogP contribution in [0.2, 0.25) is 0 Å². The summed E-state index contributed by atoms with van der Waals surface area (Å²) >= 11 is 0. The molecular weight excluding hydrogens is 750 g/mol. The van der Waals surface area contributed by atoms with Gasteiger partial charge in [-0.05, 0) is 130 Å². The van der Waals surface area contributed by atoms with Gasteiger partial charge in [-0.15, -0.1) is 0 Å². The zero-order valence-corrected chi connectivity index (χ0v) is 39.4. The molecule has 3 heterocycles. The third-order valence-electron chi connectivity index (χ3n) is 9.27. The van der Waals surface area contributed by atoms with Crippen LogP contribution in [0.25, 0.3) is 0 Å². The van der Waals surface area contributed by atoms with Gasteiger partial charge < -0.3 is 9.64 Å². The molecule has 0 saturated carbocycles. The van der Waals surface area contributed by atoms with Crippen molar-refractivity contribution >= 4 is 5.82 Å². The predicted octanol–water partition coefficient (Wildman–Crippen LogP) is 14.6. The van der Waals surface area contributed by atoms with E-state index in [2.05, 4.69) is 173 Å². The number of hydrogen-bond acceptors (Lipinski definition) is 4. The van der Waals surface area contributed by atoms with Gasteiger partial charge in [0, 0.05) is 25.1 Å². The van der Waals surface area contributed by atoms with Crippen LogP contribution in [-0.4, -0.2) is 30.2 Å². The average molecular weight is 820 g/mol. The Bertz CT molecular complexity index is 1890. The van der Waals surface area contributed by atoms with Crippen molar-refractivity contribution in [1.82, 2.24) is 9.97 Å². The van der Waals surface area contributed by atoms with E-state index in [1.807, 2.05) is 65.3 Å². The van der Waals surface area contributed by atoms with E-state index in [4.69, 9.17) is 4.74 Å². The van der Waals surface area contributed by atoms with E-state index in [9.17, 15) is 4.39 Å². The standard InChI is InChI=1S/C9H12N2O.C8H9F.4C8H10.C7H9N/c1-7-5-8-9(10-6-7)11(2)3-4-12-8;1-6-3-4-7(2)8(9)5-6;4*1-7-3-5-8(2)6-4-7;1-6-3-4-7(2)8-5-6/h5-6H,3-4H2,1-2H3;3-5H,1-2H3;4*3-6H,1-2H3;3-5H,1-2H3. The largest absolute Gasteiger partial charge is 0.488 e. The van der Waals surface area contributed by atoms with Gasteiger partial charge in [-0.1, -0.05) is 160 Å². The Labute approximate surface area is 368 Å². The monoisotopic (exact) mass is 820 g/mol. The van der Waals surface area contributed by atoms with Crippen molar-refractivity contribution < 1.29 is 9.13 Å². The fraction of sp³-hybridized carbons (Fsp3) is 0.286. The zero-order valence-electron chi connectivity index (χ0n) is 39.4. The highest BCUT2D eigenvalue weighted by Crippen LogP contribution is 2.28. The number of hydrogen-bond donors (Lipinski definition) is 0. The molecule has 0 N–H and O–H groups in total. The summed E-state index contributed by atoms with van der Waals surface area (Å²) in [4.78, 5) is 10.5. The number of likely N-dealkylation sites (N-methyl/N-ethyl adjacent to an activating group) is 1. The highest BCUT2D eigenvalue weighted by atomic mass is 19.1. The molecule has 0 spiro atoms. The number of ether oxygens (including phenoxy) is 1. The number of aryl methyl sites for hydroxylation is 13. The van der Waals surface area contributed by atoms with Crippen LogP contribution >= 0.6 is 0 Å². The van der Waals surface area contributed by atoms with Crippen LogP contribution in [0.5, 0.6) is 5.75 Å². The quantitative estimate of drug-likeness (QED) is 0.153. The van der Waals surface area contributed by atoms with Crippen molar-refractivity contribution in [3.8, 4) is 5.75 Å². The molecule has 0 saturated heterocycles. The Kier molecular flexibility index (Phi) is 23.1. The Hall–Kier alpha value is -6.07. The van der Waals surface area contributed by atoms with Gasteiger partial charge in [0.1, 0.15) is 12.4 Å². The van der Waals surface area contributed by atoms with Crippen LogP contribution in [-0.2, 0) is 0 Å². The number of fused-ring (bicyclic) bond motifs is 1. The molecular formula is C56H70FN3O. The summed E-state index contributed by atoms with van der Waals surface area (Å²) in [5, 5.41) is 0. The molecule has 2 aromatic heterocycles. The molecule has 0 amide bonds.